The van der Waals surface area contributed by atoms with Crippen molar-refractivity contribution in [3.8, 4) is 0 Å². The molecule has 1 amide bonds. The van der Waals surface area contributed by atoms with E-state index < -0.39 is 20.6 Å². The van der Waals surface area contributed by atoms with Crippen molar-refractivity contribution in [1.29, 1.82) is 0 Å². The van der Waals surface area contributed by atoms with Gasteiger partial charge in [0.25, 0.3) is 5.91 Å². The molecule has 0 saturated carbocycles. The van der Waals surface area contributed by atoms with Crippen LogP contribution in [0.25, 0.3) is 5.03 Å². The van der Waals surface area contributed by atoms with E-state index in [1.54, 1.807) is 48.5 Å². The zero-order chi connectivity index (χ0) is 15.0. The maximum Gasteiger partial charge on any atom is 0.269 e. The van der Waals surface area contributed by atoms with Crippen molar-refractivity contribution in [3.63, 3.8) is 0 Å². The lowest BCUT2D eigenvalue weighted by Gasteiger charge is -2.06. The van der Waals surface area contributed by atoms with Gasteiger partial charge in [-0.15, -0.1) is 0 Å². The van der Waals surface area contributed by atoms with Crippen LogP contribution in [0.15, 0.2) is 64.4 Å². The van der Waals surface area contributed by atoms with Crippen molar-refractivity contribution in [1.82, 2.24) is 0 Å². The molecule has 0 aromatic heterocycles. The number of fused-ring (bicyclic) bond motifs is 1. The number of sulfone groups is 1. The molecule has 0 unspecified atom stereocenters. The molecule has 21 heavy (non-hydrogen) atoms. The van der Waals surface area contributed by atoms with Crippen molar-refractivity contribution in [3.05, 3.63) is 65.1 Å². The molecule has 3 rings (SSSR count). The lowest BCUT2D eigenvalue weighted by Crippen LogP contribution is -2.19. The number of benzene rings is 2. The van der Waals surface area contributed by atoms with E-state index in [0.29, 0.717) is 11.3 Å². The fraction of sp³-hybridized carbons (Fsp3) is 0. The summed E-state index contributed by atoms with van der Waals surface area (Å²) in [7, 11) is -3.88. The summed E-state index contributed by atoms with van der Waals surface area (Å²) in [6.45, 7) is 0. The highest BCUT2D eigenvalue weighted by Gasteiger charge is 2.39. The molecule has 0 radical (unpaired) electrons. The first-order chi connectivity index (χ1) is 10.0. The molecule has 2 aromatic carbocycles. The standard InChI is InChI=1S/C15H10ClNO3S/c16-13-11-8-4-5-9-12(11)21(19,20)14(13)15(18)17-10-6-2-1-3-7-10/h1-9H,(H,17,18). The maximum atomic E-state index is 12.4. The van der Waals surface area contributed by atoms with Gasteiger partial charge in [-0.3, -0.25) is 4.79 Å². The third-order valence-corrected chi connectivity index (χ3v) is 5.49. The summed E-state index contributed by atoms with van der Waals surface area (Å²) < 4.78 is 24.8. The number of carbonyl (C=O) groups excluding carboxylic acids is 1. The topological polar surface area (TPSA) is 63.2 Å². The second kappa shape index (κ2) is 5.02. The molecule has 0 atom stereocenters. The molecule has 1 aliphatic heterocycles. The predicted octanol–water partition coefficient (Wildman–Crippen LogP) is 3.02. The van der Waals surface area contributed by atoms with E-state index in [-0.39, 0.29) is 9.93 Å². The van der Waals surface area contributed by atoms with Gasteiger partial charge in [-0.25, -0.2) is 8.42 Å². The summed E-state index contributed by atoms with van der Waals surface area (Å²) in [5, 5.41) is 2.50. The number of halogens is 1. The Hall–Kier alpha value is -2.11. The smallest absolute Gasteiger partial charge is 0.269 e. The summed E-state index contributed by atoms with van der Waals surface area (Å²) in [5.41, 5.74) is 0.864. The van der Waals surface area contributed by atoms with E-state index in [1.165, 1.54) is 6.07 Å². The van der Waals surface area contributed by atoms with Crippen LogP contribution in [0.1, 0.15) is 5.56 Å². The van der Waals surface area contributed by atoms with Gasteiger partial charge in [0.1, 0.15) is 0 Å². The second-order valence-corrected chi connectivity index (χ2v) is 6.70. The third-order valence-electron chi connectivity index (χ3n) is 3.12. The number of hydrogen-bond donors (Lipinski definition) is 1. The summed E-state index contributed by atoms with van der Waals surface area (Å²) in [6.07, 6.45) is 0. The van der Waals surface area contributed by atoms with Gasteiger partial charge in [0.15, 0.2) is 4.91 Å². The van der Waals surface area contributed by atoms with Crippen LogP contribution >= 0.6 is 11.6 Å². The molecule has 2 aromatic rings. The molecule has 1 aliphatic rings. The first-order valence-corrected chi connectivity index (χ1v) is 7.98. The molecule has 4 nitrogen and oxygen atoms in total. The van der Waals surface area contributed by atoms with Crippen molar-refractivity contribution in [2.45, 2.75) is 4.90 Å². The van der Waals surface area contributed by atoms with Crippen molar-refractivity contribution in [2.75, 3.05) is 5.32 Å². The number of hydrogen-bond acceptors (Lipinski definition) is 3. The van der Waals surface area contributed by atoms with Gasteiger partial charge in [-0.2, -0.15) is 0 Å². The molecule has 0 spiro atoms. The SMILES string of the molecule is O=C(Nc1ccccc1)C1=C(Cl)c2ccccc2S1(=O)=O. The Bertz CT molecular complexity index is 857. The van der Waals surface area contributed by atoms with Crippen LogP contribution in [0, 0.1) is 0 Å². The number of para-hydroxylation sites is 1. The van der Waals surface area contributed by atoms with E-state index in [9.17, 15) is 13.2 Å². The van der Waals surface area contributed by atoms with Crippen LogP contribution in [-0.4, -0.2) is 14.3 Å². The fourth-order valence-electron chi connectivity index (χ4n) is 2.16. The highest BCUT2D eigenvalue weighted by Crippen LogP contribution is 2.41. The molecule has 0 bridgehead atoms. The Balaban J connectivity index is 2.04. The van der Waals surface area contributed by atoms with Gasteiger partial charge in [-0.1, -0.05) is 48.0 Å². The normalized spacial score (nSPS) is 15.7. The van der Waals surface area contributed by atoms with E-state index in [2.05, 4.69) is 5.32 Å². The maximum absolute atomic E-state index is 12.4. The largest absolute Gasteiger partial charge is 0.321 e. The van der Waals surface area contributed by atoms with Crippen molar-refractivity contribution < 1.29 is 13.2 Å². The summed E-state index contributed by atoms with van der Waals surface area (Å²) in [4.78, 5) is 11.9. The molecule has 1 heterocycles. The molecule has 0 fully saturated rings. The molecule has 6 heteroatoms. The number of nitrogens with one attached hydrogen (secondary N) is 1. The summed E-state index contributed by atoms with van der Waals surface area (Å²) >= 11 is 6.09. The minimum absolute atomic E-state index is 0.0426. The van der Waals surface area contributed by atoms with Gasteiger partial charge in [0.2, 0.25) is 9.84 Å². The Morgan fingerprint density at radius 2 is 1.57 bits per heavy atom. The average Bonchev–Trinajstić information content (AvgIpc) is 2.68. The Labute approximate surface area is 127 Å². The highest BCUT2D eigenvalue weighted by molar-refractivity contribution is 7.97. The first-order valence-electron chi connectivity index (χ1n) is 6.12. The molecule has 0 aliphatic carbocycles. The number of carbonyl (C=O) groups is 1. The van der Waals surface area contributed by atoms with Crippen LogP contribution < -0.4 is 5.32 Å². The van der Waals surface area contributed by atoms with Gasteiger partial charge in [-0.05, 0) is 18.2 Å². The van der Waals surface area contributed by atoms with Crippen molar-refractivity contribution in [2.24, 2.45) is 0 Å². The third kappa shape index (κ3) is 2.24. The number of amides is 1. The highest BCUT2D eigenvalue weighted by atomic mass is 35.5. The van der Waals surface area contributed by atoms with E-state index >= 15 is 0 Å². The Morgan fingerprint density at radius 3 is 2.24 bits per heavy atom. The van der Waals surface area contributed by atoms with Crippen LogP contribution in [0.4, 0.5) is 5.69 Å². The van der Waals surface area contributed by atoms with Crippen LogP contribution in [0.2, 0.25) is 0 Å². The predicted molar refractivity (Wildman–Crippen MR) is 81.5 cm³/mol. The lowest BCUT2D eigenvalue weighted by atomic mass is 10.2. The molecular weight excluding hydrogens is 310 g/mol. The van der Waals surface area contributed by atoms with Gasteiger partial charge >= 0.3 is 0 Å². The van der Waals surface area contributed by atoms with Gasteiger partial charge < -0.3 is 5.32 Å². The molecular formula is C15H10ClNO3S. The summed E-state index contributed by atoms with van der Waals surface area (Å²) in [5.74, 6) is -0.734. The van der Waals surface area contributed by atoms with Gasteiger partial charge in [0.05, 0.1) is 9.93 Å². The van der Waals surface area contributed by atoms with E-state index in [4.69, 9.17) is 11.6 Å². The minimum atomic E-state index is -3.88. The second-order valence-electron chi connectivity index (χ2n) is 4.46. The number of rotatable bonds is 2. The summed E-state index contributed by atoms with van der Waals surface area (Å²) in [6, 6.07) is 14.9. The van der Waals surface area contributed by atoms with E-state index in [0.717, 1.165) is 0 Å². The average molecular weight is 320 g/mol. The van der Waals surface area contributed by atoms with E-state index in [1.807, 2.05) is 0 Å². The Morgan fingerprint density at radius 1 is 0.952 bits per heavy atom. The fourth-order valence-corrected chi connectivity index (χ4v) is 4.35. The zero-order valence-electron chi connectivity index (χ0n) is 10.7. The Kier molecular flexibility index (Phi) is 3.31. The van der Waals surface area contributed by atoms with Crippen LogP contribution in [0.3, 0.4) is 0 Å². The minimum Gasteiger partial charge on any atom is -0.321 e. The quantitative estimate of drug-likeness (QED) is 0.925. The lowest BCUT2D eigenvalue weighted by molar-refractivity contribution is -0.112. The van der Waals surface area contributed by atoms with Crippen LogP contribution in [-0.2, 0) is 14.6 Å². The molecule has 106 valence electrons. The van der Waals surface area contributed by atoms with Gasteiger partial charge in [0, 0.05) is 11.3 Å². The zero-order valence-corrected chi connectivity index (χ0v) is 12.3. The monoisotopic (exact) mass is 319 g/mol. The first kappa shape index (κ1) is 13.9. The molecule has 1 N–H and O–H groups in total. The van der Waals surface area contributed by atoms with Crippen molar-refractivity contribution >= 4 is 38.1 Å². The van der Waals surface area contributed by atoms with Crippen LogP contribution in [0.5, 0.6) is 0 Å². The number of anilines is 1. The molecule has 0 saturated heterocycles.